The first-order valence-corrected chi connectivity index (χ1v) is 7.76. The number of unbranched alkanes of at least 4 members (excludes halogenated alkanes) is 2. The van der Waals surface area contributed by atoms with E-state index in [1.54, 1.807) is 0 Å². The van der Waals surface area contributed by atoms with E-state index in [0.717, 1.165) is 45.4 Å². The van der Waals surface area contributed by atoms with E-state index in [4.69, 9.17) is 0 Å². The molecule has 0 unspecified atom stereocenters. The van der Waals surface area contributed by atoms with Crippen LogP contribution in [0, 0.1) is 5.92 Å². The minimum Gasteiger partial charge on any atom is -0.343 e. The van der Waals surface area contributed by atoms with Crippen molar-refractivity contribution in [2.24, 2.45) is 5.92 Å². The molecule has 0 aromatic rings. The number of hydrogen-bond acceptors (Lipinski definition) is 2. The molecule has 3 nitrogen and oxygen atoms in total. The molecule has 18 heavy (non-hydrogen) atoms. The summed E-state index contributed by atoms with van der Waals surface area (Å²) in [4.78, 5) is 14.4. The first kappa shape index (κ1) is 15.5. The Balaban J connectivity index is 2.35. The van der Waals surface area contributed by atoms with Gasteiger partial charge in [0.05, 0.1) is 0 Å². The number of rotatable bonds is 8. The van der Waals surface area contributed by atoms with Crippen LogP contribution < -0.4 is 5.32 Å². The van der Waals surface area contributed by atoms with Crippen LogP contribution in [0.2, 0.25) is 0 Å². The zero-order chi connectivity index (χ0) is 13.2. The van der Waals surface area contributed by atoms with Crippen molar-refractivity contribution < 1.29 is 4.79 Å². The summed E-state index contributed by atoms with van der Waals surface area (Å²) in [6.45, 7) is 8.47. The van der Waals surface area contributed by atoms with Gasteiger partial charge >= 0.3 is 0 Å². The summed E-state index contributed by atoms with van der Waals surface area (Å²) in [7, 11) is 0. The van der Waals surface area contributed by atoms with Crippen LogP contribution in [0.3, 0.4) is 0 Å². The van der Waals surface area contributed by atoms with Gasteiger partial charge in [-0.15, -0.1) is 0 Å². The Labute approximate surface area is 112 Å². The summed E-state index contributed by atoms with van der Waals surface area (Å²) in [6.07, 6.45) is 7.73. The fraction of sp³-hybridized carbons (Fsp3) is 0.933. The highest BCUT2D eigenvalue weighted by Gasteiger charge is 2.20. The first-order valence-electron chi connectivity index (χ1n) is 7.76. The molecule has 1 rings (SSSR count). The van der Waals surface area contributed by atoms with Crippen molar-refractivity contribution in [3.05, 3.63) is 0 Å². The molecule has 1 aliphatic rings. The number of carbonyl (C=O) groups excluding carboxylic acids is 1. The summed E-state index contributed by atoms with van der Waals surface area (Å²) >= 11 is 0. The van der Waals surface area contributed by atoms with E-state index in [-0.39, 0.29) is 0 Å². The summed E-state index contributed by atoms with van der Waals surface area (Å²) in [5.41, 5.74) is 0. The van der Waals surface area contributed by atoms with Gasteiger partial charge in [-0.3, -0.25) is 4.79 Å². The summed E-state index contributed by atoms with van der Waals surface area (Å²) in [5.74, 6) is 1.01. The Morgan fingerprint density at radius 1 is 1.11 bits per heavy atom. The lowest BCUT2D eigenvalue weighted by Gasteiger charge is -2.27. The molecule has 1 N–H and O–H groups in total. The zero-order valence-electron chi connectivity index (χ0n) is 12.2. The van der Waals surface area contributed by atoms with Gasteiger partial charge in [0.2, 0.25) is 5.91 Å². The predicted octanol–water partition coefficient (Wildman–Crippen LogP) is 2.80. The number of amides is 1. The molecule has 3 heteroatoms. The minimum absolute atomic E-state index is 0.392. The Hall–Kier alpha value is -0.570. The Kier molecular flexibility index (Phi) is 8.06. The third-order valence-electron chi connectivity index (χ3n) is 3.84. The second-order valence-electron chi connectivity index (χ2n) is 5.49. The van der Waals surface area contributed by atoms with Crippen LogP contribution in [0.15, 0.2) is 0 Å². The second kappa shape index (κ2) is 9.37. The molecule has 0 aliphatic carbocycles. The highest BCUT2D eigenvalue weighted by Crippen LogP contribution is 2.17. The molecule has 0 aromatic heterocycles. The van der Waals surface area contributed by atoms with Gasteiger partial charge in [0.1, 0.15) is 0 Å². The zero-order valence-corrected chi connectivity index (χ0v) is 12.2. The van der Waals surface area contributed by atoms with Gasteiger partial charge in [-0.1, -0.05) is 26.7 Å². The van der Waals surface area contributed by atoms with Gasteiger partial charge in [-0.2, -0.15) is 0 Å². The lowest BCUT2D eigenvalue weighted by molar-refractivity contribution is -0.132. The van der Waals surface area contributed by atoms with Gasteiger partial charge < -0.3 is 10.2 Å². The molecule has 0 bridgehead atoms. The fourth-order valence-electron chi connectivity index (χ4n) is 2.52. The van der Waals surface area contributed by atoms with Crippen molar-refractivity contribution in [1.82, 2.24) is 10.2 Å². The van der Waals surface area contributed by atoms with Crippen LogP contribution >= 0.6 is 0 Å². The smallest absolute Gasteiger partial charge is 0.222 e. The molecule has 0 saturated carbocycles. The highest BCUT2D eigenvalue weighted by atomic mass is 16.2. The number of nitrogens with zero attached hydrogens (tertiary/aromatic N) is 1. The third-order valence-corrected chi connectivity index (χ3v) is 3.84. The normalized spacial score (nSPS) is 16.8. The topological polar surface area (TPSA) is 32.3 Å². The molecule has 1 fully saturated rings. The SMILES string of the molecule is CCCCN(CCCC)C(=O)CC1CCNCC1. The van der Waals surface area contributed by atoms with Crippen LogP contribution in [0.1, 0.15) is 58.8 Å². The van der Waals surface area contributed by atoms with Crippen molar-refractivity contribution in [3.8, 4) is 0 Å². The number of hydrogen-bond donors (Lipinski definition) is 1. The molecule has 0 aromatic carbocycles. The number of nitrogens with one attached hydrogen (secondary N) is 1. The van der Waals surface area contributed by atoms with Crippen LogP contribution in [-0.4, -0.2) is 37.0 Å². The third kappa shape index (κ3) is 5.85. The van der Waals surface area contributed by atoms with Crippen LogP contribution in [-0.2, 0) is 4.79 Å². The van der Waals surface area contributed by atoms with Gasteiger partial charge in [0, 0.05) is 19.5 Å². The Bertz CT molecular complexity index is 217. The van der Waals surface area contributed by atoms with Crippen molar-refractivity contribution in [1.29, 1.82) is 0 Å². The quantitative estimate of drug-likeness (QED) is 0.722. The highest BCUT2D eigenvalue weighted by molar-refractivity contribution is 5.76. The standard InChI is InChI=1S/C15H30N2O/c1-3-5-11-17(12-6-4-2)15(18)13-14-7-9-16-10-8-14/h14,16H,3-13H2,1-2H3. The predicted molar refractivity (Wildman–Crippen MR) is 76.6 cm³/mol. The Morgan fingerprint density at radius 2 is 1.67 bits per heavy atom. The van der Waals surface area contributed by atoms with Crippen LogP contribution in [0.4, 0.5) is 0 Å². The number of carbonyl (C=O) groups is 1. The lowest BCUT2D eigenvalue weighted by atomic mass is 9.94. The molecule has 1 aliphatic heterocycles. The fourth-order valence-corrected chi connectivity index (χ4v) is 2.52. The summed E-state index contributed by atoms with van der Waals surface area (Å²) < 4.78 is 0. The molecular weight excluding hydrogens is 224 g/mol. The molecule has 0 radical (unpaired) electrons. The summed E-state index contributed by atoms with van der Waals surface area (Å²) in [6, 6.07) is 0. The van der Waals surface area contributed by atoms with Crippen molar-refractivity contribution >= 4 is 5.91 Å². The van der Waals surface area contributed by atoms with E-state index in [1.165, 1.54) is 25.7 Å². The van der Waals surface area contributed by atoms with Crippen molar-refractivity contribution in [2.45, 2.75) is 58.8 Å². The first-order chi connectivity index (χ1) is 8.77. The molecular formula is C15H30N2O. The van der Waals surface area contributed by atoms with Crippen LogP contribution in [0.25, 0.3) is 0 Å². The average Bonchev–Trinajstić information content (AvgIpc) is 2.40. The van der Waals surface area contributed by atoms with E-state index in [1.807, 2.05) is 0 Å². The maximum atomic E-state index is 12.3. The minimum atomic E-state index is 0.392. The molecule has 0 atom stereocenters. The number of piperidine rings is 1. The molecule has 106 valence electrons. The van der Waals surface area contributed by atoms with Gasteiger partial charge in [0.25, 0.3) is 0 Å². The second-order valence-corrected chi connectivity index (χ2v) is 5.49. The molecule has 0 spiro atoms. The van der Waals surface area contributed by atoms with Crippen molar-refractivity contribution in [2.75, 3.05) is 26.2 Å². The molecule has 1 saturated heterocycles. The van der Waals surface area contributed by atoms with E-state index < -0.39 is 0 Å². The maximum absolute atomic E-state index is 12.3. The van der Waals surface area contributed by atoms with E-state index in [2.05, 4.69) is 24.1 Å². The van der Waals surface area contributed by atoms with E-state index >= 15 is 0 Å². The lowest BCUT2D eigenvalue weighted by Crippen LogP contribution is -2.36. The van der Waals surface area contributed by atoms with Gasteiger partial charge in [-0.25, -0.2) is 0 Å². The van der Waals surface area contributed by atoms with Crippen molar-refractivity contribution in [3.63, 3.8) is 0 Å². The van der Waals surface area contributed by atoms with E-state index in [9.17, 15) is 4.79 Å². The van der Waals surface area contributed by atoms with Gasteiger partial charge in [-0.05, 0) is 44.7 Å². The summed E-state index contributed by atoms with van der Waals surface area (Å²) in [5, 5.41) is 3.36. The largest absolute Gasteiger partial charge is 0.343 e. The maximum Gasteiger partial charge on any atom is 0.222 e. The van der Waals surface area contributed by atoms with E-state index in [0.29, 0.717) is 11.8 Å². The monoisotopic (exact) mass is 254 g/mol. The molecule has 1 heterocycles. The molecule has 1 amide bonds. The Morgan fingerprint density at radius 3 is 2.17 bits per heavy atom. The van der Waals surface area contributed by atoms with Crippen LogP contribution in [0.5, 0.6) is 0 Å². The average molecular weight is 254 g/mol. The van der Waals surface area contributed by atoms with Gasteiger partial charge in [0.15, 0.2) is 0 Å².